The topological polar surface area (TPSA) is 3.24 Å². The summed E-state index contributed by atoms with van der Waals surface area (Å²) in [5.41, 5.74) is 0. The van der Waals surface area contributed by atoms with Crippen molar-refractivity contribution in [3.8, 4) is 0 Å². The fourth-order valence-corrected chi connectivity index (χ4v) is 1.17. The molecule has 1 heteroatoms. The van der Waals surface area contributed by atoms with E-state index in [0.717, 1.165) is 6.42 Å². The third-order valence-corrected chi connectivity index (χ3v) is 1.71. The van der Waals surface area contributed by atoms with Crippen molar-refractivity contribution in [2.45, 2.75) is 53.1 Å². The summed E-state index contributed by atoms with van der Waals surface area (Å²) in [7, 11) is 0. The molecule has 0 heterocycles. The van der Waals surface area contributed by atoms with Gasteiger partial charge in [0.25, 0.3) is 0 Å². The molecular formula is C10H21N. The van der Waals surface area contributed by atoms with E-state index in [1.54, 1.807) is 0 Å². The highest BCUT2D eigenvalue weighted by Crippen LogP contribution is 2.05. The molecule has 0 aromatic carbocycles. The molecule has 11 heavy (non-hydrogen) atoms. The molecule has 0 aliphatic carbocycles. The summed E-state index contributed by atoms with van der Waals surface area (Å²) in [6.07, 6.45) is 5.53. The van der Waals surface area contributed by atoms with Gasteiger partial charge in [-0.2, -0.15) is 0 Å². The van der Waals surface area contributed by atoms with Gasteiger partial charge in [-0.15, -0.1) is 0 Å². The third-order valence-electron chi connectivity index (χ3n) is 1.71. The molecule has 0 fully saturated rings. The van der Waals surface area contributed by atoms with Gasteiger partial charge in [-0.25, -0.2) is 0 Å². The number of allylic oxidation sites excluding steroid dienone is 1. The van der Waals surface area contributed by atoms with Gasteiger partial charge in [-0.05, 0) is 40.3 Å². The lowest BCUT2D eigenvalue weighted by molar-refractivity contribution is 0.255. The molecule has 66 valence electrons. The Hall–Kier alpha value is -0.460. The molecule has 0 N–H and O–H groups in total. The summed E-state index contributed by atoms with van der Waals surface area (Å²) in [5, 5.41) is 0. The zero-order chi connectivity index (χ0) is 8.85. The quantitative estimate of drug-likeness (QED) is 0.603. The molecule has 0 aliphatic rings. The van der Waals surface area contributed by atoms with Crippen molar-refractivity contribution in [3.05, 3.63) is 12.3 Å². The van der Waals surface area contributed by atoms with E-state index in [-0.39, 0.29) is 0 Å². The molecule has 0 atom stereocenters. The predicted octanol–water partition coefficient (Wildman–Crippen LogP) is 3.03. The van der Waals surface area contributed by atoms with Crippen LogP contribution < -0.4 is 0 Å². The third kappa shape index (κ3) is 4.07. The van der Waals surface area contributed by atoms with E-state index >= 15 is 0 Å². The van der Waals surface area contributed by atoms with Gasteiger partial charge in [0, 0.05) is 12.1 Å². The van der Waals surface area contributed by atoms with Crippen molar-refractivity contribution in [1.82, 2.24) is 4.90 Å². The van der Waals surface area contributed by atoms with Gasteiger partial charge in [-0.3, -0.25) is 0 Å². The molecular weight excluding hydrogens is 134 g/mol. The number of rotatable bonds is 4. The first kappa shape index (κ1) is 10.5. The molecule has 0 aliphatic heterocycles. The average Bonchev–Trinajstić information content (AvgIpc) is 1.87. The summed E-state index contributed by atoms with van der Waals surface area (Å²) in [5.74, 6) is 0. The Morgan fingerprint density at radius 2 is 1.55 bits per heavy atom. The highest BCUT2D eigenvalue weighted by Gasteiger charge is 2.06. The van der Waals surface area contributed by atoms with Crippen molar-refractivity contribution < 1.29 is 0 Å². The highest BCUT2D eigenvalue weighted by atomic mass is 15.1. The fourth-order valence-electron chi connectivity index (χ4n) is 1.17. The van der Waals surface area contributed by atoms with E-state index in [2.05, 4.69) is 51.8 Å². The van der Waals surface area contributed by atoms with Crippen LogP contribution >= 0.6 is 0 Å². The van der Waals surface area contributed by atoms with Crippen LogP contribution in [0.2, 0.25) is 0 Å². The van der Waals surface area contributed by atoms with Crippen LogP contribution in [0.15, 0.2) is 12.3 Å². The average molecular weight is 155 g/mol. The molecule has 0 bridgehead atoms. The second-order valence-corrected chi connectivity index (χ2v) is 3.43. The first-order valence-corrected chi connectivity index (χ1v) is 4.53. The highest BCUT2D eigenvalue weighted by molar-refractivity contribution is 4.85. The second-order valence-electron chi connectivity index (χ2n) is 3.43. The summed E-state index contributed by atoms with van der Waals surface area (Å²) < 4.78 is 0. The van der Waals surface area contributed by atoms with E-state index in [4.69, 9.17) is 0 Å². The first-order valence-electron chi connectivity index (χ1n) is 4.53. The van der Waals surface area contributed by atoms with E-state index in [1.807, 2.05) is 0 Å². The maximum absolute atomic E-state index is 2.36. The Morgan fingerprint density at radius 1 is 1.09 bits per heavy atom. The SMILES string of the molecule is CCC=CN(C(C)C)C(C)C. The van der Waals surface area contributed by atoms with Crippen LogP contribution in [0.5, 0.6) is 0 Å². The monoisotopic (exact) mass is 155 g/mol. The lowest BCUT2D eigenvalue weighted by atomic mass is 10.2. The van der Waals surface area contributed by atoms with Crippen molar-refractivity contribution >= 4 is 0 Å². The lowest BCUT2D eigenvalue weighted by Crippen LogP contribution is -2.31. The molecule has 0 saturated heterocycles. The first-order chi connectivity index (χ1) is 5.09. The molecule has 0 radical (unpaired) electrons. The Morgan fingerprint density at radius 3 is 1.82 bits per heavy atom. The summed E-state index contributed by atoms with van der Waals surface area (Å²) in [6, 6.07) is 1.22. The van der Waals surface area contributed by atoms with Crippen molar-refractivity contribution in [1.29, 1.82) is 0 Å². The zero-order valence-electron chi connectivity index (χ0n) is 8.46. The number of nitrogens with zero attached hydrogens (tertiary/aromatic N) is 1. The maximum atomic E-state index is 2.36. The zero-order valence-corrected chi connectivity index (χ0v) is 8.46. The summed E-state index contributed by atoms with van der Waals surface area (Å²) in [4.78, 5) is 2.36. The Bertz CT molecular complexity index is 106. The van der Waals surface area contributed by atoms with E-state index in [0.29, 0.717) is 12.1 Å². The van der Waals surface area contributed by atoms with Gasteiger partial charge in [-0.1, -0.05) is 13.0 Å². The molecule has 0 rings (SSSR count). The lowest BCUT2D eigenvalue weighted by Gasteiger charge is -2.29. The Balaban J connectivity index is 4.00. The van der Waals surface area contributed by atoms with Crippen molar-refractivity contribution in [2.75, 3.05) is 0 Å². The van der Waals surface area contributed by atoms with Crippen LogP contribution in [0, 0.1) is 0 Å². The summed E-state index contributed by atoms with van der Waals surface area (Å²) in [6.45, 7) is 11.1. The molecule has 0 saturated carbocycles. The predicted molar refractivity (Wildman–Crippen MR) is 51.5 cm³/mol. The van der Waals surface area contributed by atoms with Crippen LogP contribution in [0.3, 0.4) is 0 Å². The minimum Gasteiger partial charge on any atom is -0.373 e. The van der Waals surface area contributed by atoms with Gasteiger partial charge in [0.05, 0.1) is 0 Å². The van der Waals surface area contributed by atoms with Gasteiger partial charge < -0.3 is 4.90 Å². The van der Waals surface area contributed by atoms with Crippen LogP contribution in [0.25, 0.3) is 0 Å². The van der Waals surface area contributed by atoms with Gasteiger partial charge in [0.2, 0.25) is 0 Å². The molecule has 0 unspecified atom stereocenters. The second kappa shape index (κ2) is 5.22. The van der Waals surface area contributed by atoms with Crippen molar-refractivity contribution in [2.24, 2.45) is 0 Å². The minimum atomic E-state index is 0.609. The van der Waals surface area contributed by atoms with E-state index < -0.39 is 0 Å². The standard InChI is InChI=1S/C10H21N/c1-6-7-8-11(9(2)3)10(4)5/h7-10H,6H2,1-5H3. The largest absolute Gasteiger partial charge is 0.373 e. The minimum absolute atomic E-state index is 0.609. The molecule has 1 nitrogen and oxygen atoms in total. The molecule has 0 amide bonds. The van der Waals surface area contributed by atoms with Crippen LogP contribution in [-0.2, 0) is 0 Å². The van der Waals surface area contributed by atoms with Gasteiger partial charge >= 0.3 is 0 Å². The summed E-state index contributed by atoms with van der Waals surface area (Å²) >= 11 is 0. The van der Waals surface area contributed by atoms with Crippen LogP contribution in [0.4, 0.5) is 0 Å². The fraction of sp³-hybridized carbons (Fsp3) is 0.800. The Labute approximate surface area is 71.1 Å². The smallest absolute Gasteiger partial charge is 0.0230 e. The van der Waals surface area contributed by atoms with E-state index in [9.17, 15) is 0 Å². The number of hydrogen-bond acceptors (Lipinski definition) is 1. The van der Waals surface area contributed by atoms with Gasteiger partial charge in [0.1, 0.15) is 0 Å². The normalized spacial score (nSPS) is 11.9. The Kier molecular flexibility index (Phi) is 5.01. The van der Waals surface area contributed by atoms with Crippen molar-refractivity contribution in [3.63, 3.8) is 0 Å². The van der Waals surface area contributed by atoms with E-state index in [1.165, 1.54) is 0 Å². The molecule has 0 aromatic heterocycles. The molecule has 0 spiro atoms. The van der Waals surface area contributed by atoms with Gasteiger partial charge in [0.15, 0.2) is 0 Å². The van der Waals surface area contributed by atoms with Crippen LogP contribution in [-0.4, -0.2) is 17.0 Å². The van der Waals surface area contributed by atoms with Crippen LogP contribution in [0.1, 0.15) is 41.0 Å². The molecule has 0 aromatic rings. The number of hydrogen-bond donors (Lipinski definition) is 0. The maximum Gasteiger partial charge on any atom is 0.0230 e.